The van der Waals surface area contributed by atoms with Gasteiger partial charge in [-0.1, -0.05) is 42.5 Å². The minimum Gasteiger partial charge on any atom is -0.300 e. The number of halogens is 10. The van der Waals surface area contributed by atoms with Crippen molar-refractivity contribution in [1.82, 2.24) is 0 Å². The Kier molecular flexibility index (Phi) is 9.44. The summed E-state index contributed by atoms with van der Waals surface area (Å²) in [6.45, 7) is 3.67. The van der Waals surface area contributed by atoms with Crippen LogP contribution in [0.5, 0.6) is 0 Å². The summed E-state index contributed by atoms with van der Waals surface area (Å²) in [4.78, 5) is 0.666. The molecule has 0 aliphatic carbocycles. The van der Waals surface area contributed by atoms with Crippen LogP contribution in [0.15, 0.2) is 48.1 Å². The third-order valence-corrected chi connectivity index (χ3v) is 8.54. The summed E-state index contributed by atoms with van der Waals surface area (Å²) < 4.78 is 147. The van der Waals surface area contributed by atoms with Crippen molar-refractivity contribution in [2.45, 2.75) is 64.5 Å². The summed E-state index contributed by atoms with van der Waals surface area (Å²) in [5.41, 5.74) is -3.60. The summed E-state index contributed by atoms with van der Waals surface area (Å²) >= 11 is 0. The van der Waals surface area contributed by atoms with Gasteiger partial charge < -0.3 is 4.90 Å². The maximum atomic E-state index is 15.3. The van der Waals surface area contributed by atoms with Crippen molar-refractivity contribution in [2.75, 3.05) is 0 Å². The van der Waals surface area contributed by atoms with E-state index in [0.717, 1.165) is 18.0 Å². The summed E-state index contributed by atoms with van der Waals surface area (Å²) in [5, 5.41) is 0. The van der Waals surface area contributed by atoms with Gasteiger partial charge in [0.2, 0.25) is 0 Å². The maximum absolute atomic E-state index is 15.3. The largest absolute Gasteiger partial charge is 0.300 e. The molecule has 3 aromatic rings. The van der Waals surface area contributed by atoms with Crippen LogP contribution in [-0.2, 0) is 0 Å². The van der Waals surface area contributed by atoms with Crippen LogP contribution in [0.1, 0.15) is 58.9 Å². The Hall–Kier alpha value is -3.54. The third kappa shape index (κ3) is 6.05. The van der Waals surface area contributed by atoms with Crippen molar-refractivity contribution in [3.8, 4) is 0 Å². The topological polar surface area (TPSA) is 4.44 Å². The smallest absolute Gasteiger partial charge is 0.200 e. The number of allylic oxidation sites excluding steroid dienone is 1. The molecule has 0 spiro atoms. The average molecular weight is 629 g/mol. The van der Waals surface area contributed by atoms with E-state index in [4.69, 9.17) is 0 Å². The molecule has 1 saturated heterocycles. The quantitative estimate of drug-likeness (QED) is 0.131. The first-order valence-electron chi connectivity index (χ1n) is 14.0. The van der Waals surface area contributed by atoms with Gasteiger partial charge in [-0.05, 0) is 39.7 Å². The van der Waals surface area contributed by atoms with Crippen molar-refractivity contribution >= 4 is 23.7 Å². The van der Waals surface area contributed by atoms with Crippen LogP contribution < -0.4 is 15.8 Å². The van der Waals surface area contributed by atoms with E-state index < -0.39 is 86.9 Å². The van der Waals surface area contributed by atoms with Gasteiger partial charge in [-0.2, -0.15) is 5.98 Å². The zero-order valence-electron chi connectivity index (χ0n) is 24.4. The second-order valence-corrected chi connectivity index (χ2v) is 12.4. The Morgan fingerprint density at radius 3 is 1.43 bits per heavy atom. The minimum absolute atomic E-state index is 0.0502. The Bertz CT molecular complexity index is 1490. The lowest BCUT2D eigenvalue weighted by Crippen LogP contribution is -3.25. The Morgan fingerprint density at radius 2 is 1.02 bits per heavy atom. The van der Waals surface area contributed by atoms with E-state index in [1.165, 1.54) is 0 Å². The highest BCUT2D eigenvalue weighted by Gasteiger charge is 2.47. The Balaban J connectivity index is 2.09. The summed E-state index contributed by atoms with van der Waals surface area (Å²) in [5.74, 6) is -23.5. The van der Waals surface area contributed by atoms with E-state index in [1.807, 2.05) is 27.7 Å². The fourth-order valence-corrected chi connectivity index (χ4v) is 6.78. The molecule has 1 nitrogen and oxygen atoms in total. The number of hydrogen-bond donors (Lipinski definition) is 1. The van der Waals surface area contributed by atoms with Crippen LogP contribution >= 0.6 is 0 Å². The molecule has 1 heterocycles. The minimum atomic E-state index is -3.82. The number of hydrogen-bond acceptors (Lipinski definition) is 0. The summed E-state index contributed by atoms with van der Waals surface area (Å²) in [7, 11) is 0. The van der Waals surface area contributed by atoms with E-state index in [-0.39, 0.29) is 12.1 Å². The third-order valence-electron chi connectivity index (χ3n) is 8.54. The van der Waals surface area contributed by atoms with E-state index in [0.29, 0.717) is 17.7 Å². The van der Waals surface area contributed by atoms with Crippen LogP contribution in [-0.4, -0.2) is 17.8 Å². The molecule has 0 radical (unpaired) electrons. The first kappa shape index (κ1) is 33.4. The van der Waals surface area contributed by atoms with Crippen molar-refractivity contribution in [1.29, 1.82) is 0 Å². The Labute approximate surface area is 249 Å². The molecular formula is C32H30BF10N. The molecule has 4 rings (SSSR count). The fraction of sp³-hybridized carbons (Fsp3) is 0.312. The number of rotatable bonds is 7. The normalized spacial score (nSPS) is 17.2. The van der Waals surface area contributed by atoms with Gasteiger partial charge in [-0.3, -0.25) is 0 Å². The molecule has 1 aliphatic heterocycles. The van der Waals surface area contributed by atoms with Crippen LogP contribution in [0.25, 0.3) is 6.08 Å². The van der Waals surface area contributed by atoms with Gasteiger partial charge in [0.1, 0.15) is 23.3 Å². The fourth-order valence-electron chi connectivity index (χ4n) is 6.78. The highest BCUT2D eigenvalue weighted by Crippen LogP contribution is 2.27. The van der Waals surface area contributed by atoms with Gasteiger partial charge >= 0.3 is 0 Å². The van der Waals surface area contributed by atoms with Crippen molar-refractivity contribution in [3.63, 3.8) is 0 Å². The van der Waals surface area contributed by atoms with Crippen molar-refractivity contribution < 1.29 is 48.8 Å². The van der Waals surface area contributed by atoms with Crippen LogP contribution in [0.2, 0.25) is 0 Å². The molecule has 0 amide bonds. The van der Waals surface area contributed by atoms with Crippen LogP contribution in [0, 0.1) is 58.2 Å². The van der Waals surface area contributed by atoms with E-state index >= 15 is 17.6 Å². The van der Waals surface area contributed by atoms with Gasteiger partial charge in [0.15, 0.2) is 34.9 Å². The number of benzene rings is 3. The van der Waals surface area contributed by atoms with Crippen molar-refractivity contribution in [2.24, 2.45) is 0 Å². The molecule has 1 fully saturated rings. The zero-order chi connectivity index (χ0) is 32.7. The highest BCUT2D eigenvalue weighted by molar-refractivity contribution is 6.89. The number of nitrogens with one attached hydrogen (secondary N) is 1. The van der Waals surface area contributed by atoms with Gasteiger partial charge in [0.25, 0.3) is 0 Å². The van der Waals surface area contributed by atoms with Crippen molar-refractivity contribution in [3.05, 3.63) is 112 Å². The molecule has 0 unspecified atom stereocenters. The van der Waals surface area contributed by atoms with Gasteiger partial charge in [0.05, 0.1) is 23.5 Å². The van der Waals surface area contributed by atoms with Gasteiger partial charge in [-0.15, -0.1) is 10.9 Å². The van der Waals surface area contributed by atoms with Crippen LogP contribution in [0.4, 0.5) is 43.9 Å². The lowest BCUT2D eigenvalue weighted by molar-refractivity contribution is -0.966. The molecule has 1 aliphatic rings. The maximum Gasteiger partial charge on any atom is 0.200 e. The monoisotopic (exact) mass is 629 g/mol. The molecular weight excluding hydrogens is 599 g/mol. The predicted octanol–water partition coefficient (Wildman–Crippen LogP) is 6.57. The summed E-state index contributed by atoms with van der Waals surface area (Å²) in [6, 6.07) is 8.88. The van der Waals surface area contributed by atoms with E-state index in [2.05, 4.69) is 0 Å². The SMILES string of the molecule is CC1(C)CCCC(C)(C)[NH+]1/C(=C\[BH-](c1c(F)c(F)c(F)c(F)c1F)c1c(F)c(F)c(F)c(F)c1F)C/C=C/c1ccccc1. The molecule has 12 heteroatoms. The molecule has 0 aromatic heterocycles. The molecule has 3 aromatic carbocycles. The zero-order valence-corrected chi connectivity index (χ0v) is 24.4. The summed E-state index contributed by atoms with van der Waals surface area (Å²) in [6.07, 6.45) is 5.31. The molecule has 1 N–H and O–H groups in total. The second-order valence-electron chi connectivity index (χ2n) is 12.4. The van der Waals surface area contributed by atoms with E-state index in [9.17, 15) is 26.3 Å². The molecule has 44 heavy (non-hydrogen) atoms. The molecule has 0 bridgehead atoms. The lowest BCUT2D eigenvalue weighted by atomic mass is 9.39. The van der Waals surface area contributed by atoms with Crippen LogP contribution in [0.3, 0.4) is 0 Å². The van der Waals surface area contributed by atoms with E-state index in [1.54, 1.807) is 42.5 Å². The molecule has 236 valence electrons. The van der Waals surface area contributed by atoms with Gasteiger partial charge in [-0.25, -0.2) is 43.9 Å². The number of quaternary nitrogens is 1. The highest BCUT2D eigenvalue weighted by atomic mass is 19.2. The second kappa shape index (κ2) is 12.5. The number of likely N-dealkylation sites (tertiary alicyclic amines) is 1. The first-order chi connectivity index (χ1) is 20.5. The first-order valence-corrected chi connectivity index (χ1v) is 14.0. The standard InChI is InChI=1S/C32H29BF10N/c1-31(2)14-9-15-32(3,4)44(31)18(13-8-12-17-10-6-5-7-11-17)16-33(19-21(34)25(38)29(42)26(39)22(19)35)20-23(36)27(40)30(43)28(41)24(20)37/h5-8,10-12,16,33H,9,13-15H2,1-4H3/q-1/p+1/b12-8+,18-16-. The van der Waals surface area contributed by atoms with Gasteiger partial charge in [0, 0.05) is 19.3 Å². The molecule has 0 atom stereocenters. The Morgan fingerprint density at radius 1 is 0.636 bits per heavy atom. The molecule has 0 saturated carbocycles. The predicted molar refractivity (Wildman–Crippen MR) is 150 cm³/mol. The average Bonchev–Trinajstić information content (AvgIpc) is 2.96. The number of piperidine rings is 1. The lowest BCUT2D eigenvalue weighted by Gasteiger charge is -2.51.